The van der Waals surface area contributed by atoms with Crippen molar-refractivity contribution in [2.75, 3.05) is 6.54 Å². The van der Waals surface area contributed by atoms with Gasteiger partial charge in [0.25, 0.3) is 0 Å². The molecule has 0 aliphatic rings. The molecule has 1 unspecified atom stereocenters. The lowest BCUT2D eigenvalue weighted by atomic mass is 10.5. The minimum atomic E-state index is -3.66. The highest BCUT2D eigenvalue weighted by Gasteiger charge is 2.15. The summed E-state index contributed by atoms with van der Waals surface area (Å²) in [5, 5.41) is 0. The van der Waals surface area contributed by atoms with Gasteiger partial charge in [-0.3, -0.25) is 4.98 Å². The molecule has 1 aromatic heterocycles. The fraction of sp³-hybridized carbons (Fsp3) is 0.375. The molecule has 0 aliphatic heterocycles. The summed E-state index contributed by atoms with van der Waals surface area (Å²) in [5.74, 6) is -0.676. The van der Waals surface area contributed by atoms with Crippen LogP contribution in [-0.2, 0) is 10.0 Å². The Morgan fingerprint density at radius 1 is 1.60 bits per heavy atom. The van der Waals surface area contributed by atoms with Crippen LogP contribution in [0.3, 0.4) is 0 Å². The van der Waals surface area contributed by atoms with Crippen molar-refractivity contribution < 1.29 is 12.8 Å². The van der Waals surface area contributed by atoms with Crippen LogP contribution in [0.4, 0.5) is 4.39 Å². The molecule has 4 nitrogen and oxygen atoms in total. The topological polar surface area (TPSA) is 59.1 Å². The monoisotopic (exact) mass is 296 g/mol. The zero-order chi connectivity index (χ0) is 11.5. The van der Waals surface area contributed by atoms with E-state index in [1.54, 1.807) is 6.92 Å². The van der Waals surface area contributed by atoms with Crippen LogP contribution in [0.25, 0.3) is 0 Å². The Morgan fingerprint density at radius 3 is 2.80 bits per heavy atom. The standard InChI is InChI=1S/C8H10BrFN2O2S/c1-6(9)3-12-15(13,14)8-2-7(10)4-11-5-8/h2,4-6,12H,3H2,1H3. The average molecular weight is 297 g/mol. The molecule has 1 atom stereocenters. The van der Waals surface area contributed by atoms with E-state index in [0.29, 0.717) is 0 Å². The fourth-order valence-electron chi connectivity index (χ4n) is 0.847. The van der Waals surface area contributed by atoms with E-state index in [1.807, 2.05) is 0 Å². The molecule has 0 saturated heterocycles. The molecular formula is C8H10BrFN2O2S. The first-order chi connectivity index (χ1) is 6.92. The Balaban J connectivity index is 2.87. The van der Waals surface area contributed by atoms with Gasteiger partial charge in [-0.15, -0.1) is 0 Å². The molecule has 0 radical (unpaired) electrons. The number of aromatic nitrogens is 1. The zero-order valence-electron chi connectivity index (χ0n) is 7.94. The molecule has 1 N–H and O–H groups in total. The molecule has 1 heterocycles. The Labute approximate surface area is 96.1 Å². The van der Waals surface area contributed by atoms with E-state index in [0.717, 1.165) is 18.5 Å². The van der Waals surface area contributed by atoms with E-state index in [-0.39, 0.29) is 16.3 Å². The van der Waals surface area contributed by atoms with Crippen LogP contribution >= 0.6 is 15.9 Å². The quantitative estimate of drug-likeness (QED) is 0.852. The smallest absolute Gasteiger partial charge is 0.242 e. The Hall–Kier alpha value is -0.530. The van der Waals surface area contributed by atoms with Crippen molar-refractivity contribution in [2.24, 2.45) is 0 Å². The SMILES string of the molecule is CC(Br)CNS(=O)(=O)c1cncc(F)c1. The average Bonchev–Trinajstić information content (AvgIpc) is 2.15. The zero-order valence-corrected chi connectivity index (χ0v) is 10.3. The van der Waals surface area contributed by atoms with E-state index in [9.17, 15) is 12.8 Å². The highest BCUT2D eigenvalue weighted by Crippen LogP contribution is 2.08. The van der Waals surface area contributed by atoms with Crippen molar-refractivity contribution in [3.8, 4) is 0 Å². The van der Waals surface area contributed by atoms with E-state index in [4.69, 9.17) is 0 Å². The summed E-state index contributed by atoms with van der Waals surface area (Å²) < 4.78 is 38.2. The van der Waals surface area contributed by atoms with Crippen LogP contribution in [0.15, 0.2) is 23.4 Å². The van der Waals surface area contributed by atoms with Crippen molar-refractivity contribution in [3.63, 3.8) is 0 Å². The lowest BCUT2D eigenvalue weighted by Crippen LogP contribution is -2.28. The first kappa shape index (κ1) is 12.5. The van der Waals surface area contributed by atoms with E-state index < -0.39 is 15.8 Å². The molecule has 0 spiro atoms. The number of hydrogen-bond donors (Lipinski definition) is 1. The Kier molecular flexibility index (Phi) is 4.18. The highest BCUT2D eigenvalue weighted by atomic mass is 79.9. The van der Waals surface area contributed by atoms with Gasteiger partial charge in [-0.2, -0.15) is 0 Å². The van der Waals surface area contributed by atoms with Crippen molar-refractivity contribution >= 4 is 26.0 Å². The molecule has 1 aromatic rings. The summed E-state index contributed by atoms with van der Waals surface area (Å²) >= 11 is 3.20. The van der Waals surface area contributed by atoms with Crippen LogP contribution < -0.4 is 4.72 Å². The third kappa shape index (κ3) is 3.84. The number of pyridine rings is 1. The van der Waals surface area contributed by atoms with Crippen molar-refractivity contribution in [2.45, 2.75) is 16.6 Å². The summed E-state index contributed by atoms with van der Waals surface area (Å²) in [7, 11) is -3.66. The Bertz CT molecular complexity index is 436. The van der Waals surface area contributed by atoms with Gasteiger partial charge in [-0.25, -0.2) is 17.5 Å². The van der Waals surface area contributed by atoms with Crippen molar-refractivity contribution in [1.29, 1.82) is 0 Å². The normalized spacial score (nSPS) is 13.8. The fourth-order valence-corrected chi connectivity index (χ4v) is 2.33. The van der Waals surface area contributed by atoms with Gasteiger partial charge in [0.15, 0.2) is 0 Å². The van der Waals surface area contributed by atoms with Gasteiger partial charge >= 0.3 is 0 Å². The maximum absolute atomic E-state index is 12.7. The number of alkyl halides is 1. The third-order valence-corrected chi connectivity index (χ3v) is 3.26. The number of sulfonamides is 1. The predicted molar refractivity (Wildman–Crippen MR) is 57.8 cm³/mol. The molecule has 0 fully saturated rings. The second kappa shape index (κ2) is 5.00. The number of rotatable bonds is 4. The minimum absolute atomic E-state index is 0.00814. The number of nitrogens with one attached hydrogen (secondary N) is 1. The van der Waals surface area contributed by atoms with E-state index >= 15 is 0 Å². The molecule has 1 rings (SSSR count). The van der Waals surface area contributed by atoms with Crippen LogP contribution in [0.1, 0.15) is 6.92 Å². The molecule has 0 aliphatic carbocycles. The molecule has 0 saturated carbocycles. The lowest BCUT2D eigenvalue weighted by molar-refractivity contribution is 0.576. The van der Waals surface area contributed by atoms with Crippen molar-refractivity contribution in [1.82, 2.24) is 9.71 Å². The van der Waals surface area contributed by atoms with Gasteiger partial charge in [0, 0.05) is 17.6 Å². The maximum Gasteiger partial charge on any atom is 0.242 e. The number of nitrogens with zero attached hydrogens (tertiary/aromatic N) is 1. The van der Waals surface area contributed by atoms with Gasteiger partial charge in [-0.05, 0) is 6.07 Å². The van der Waals surface area contributed by atoms with Crippen LogP contribution in [-0.4, -0.2) is 24.8 Å². The van der Waals surface area contributed by atoms with Gasteiger partial charge in [0.2, 0.25) is 10.0 Å². The molecule has 0 aromatic carbocycles. The highest BCUT2D eigenvalue weighted by molar-refractivity contribution is 9.09. The van der Waals surface area contributed by atoms with Gasteiger partial charge in [0.05, 0.1) is 6.20 Å². The molecule has 0 amide bonds. The minimum Gasteiger partial charge on any atom is -0.260 e. The molecule has 0 bridgehead atoms. The summed E-state index contributed by atoms with van der Waals surface area (Å²) in [6.07, 6.45) is 2.05. The van der Waals surface area contributed by atoms with Crippen LogP contribution in [0.5, 0.6) is 0 Å². The van der Waals surface area contributed by atoms with Gasteiger partial charge < -0.3 is 0 Å². The van der Waals surface area contributed by atoms with Gasteiger partial charge in [-0.1, -0.05) is 22.9 Å². The largest absolute Gasteiger partial charge is 0.260 e. The number of halogens is 2. The second-order valence-electron chi connectivity index (χ2n) is 2.97. The maximum atomic E-state index is 12.7. The third-order valence-electron chi connectivity index (χ3n) is 1.54. The van der Waals surface area contributed by atoms with Crippen molar-refractivity contribution in [3.05, 3.63) is 24.3 Å². The molecular weight excluding hydrogens is 287 g/mol. The second-order valence-corrected chi connectivity index (χ2v) is 6.30. The first-order valence-corrected chi connectivity index (χ1v) is 6.56. The molecule has 15 heavy (non-hydrogen) atoms. The molecule has 84 valence electrons. The molecule has 7 heteroatoms. The summed E-state index contributed by atoms with van der Waals surface area (Å²) in [5.41, 5.74) is 0. The van der Waals surface area contributed by atoms with Gasteiger partial charge in [0.1, 0.15) is 10.7 Å². The van der Waals surface area contributed by atoms with Crippen LogP contribution in [0.2, 0.25) is 0 Å². The Morgan fingerprint density at radius 2 is 2.27 bits per heavy atom. The predicted octanol–water partition coefficient (Wildman–Crippen LogP) is 1.28. The number of hydrogen-bond acceptors (Lipinski definition) is 3. The van der Waals surface area contributed by atoms with E-state index in [1.165, 1.54) is 0 Å². The van der Waals surface area contributed by atoms with E-state index in [2.05, 4.69) is 25.6 Å². The lowest BCUT2D eigenvalue weighted by Gasteiger charge is -2.07. The summed E-state index contributed by atoms with van der Waals surface area (Å²) in [6, 6.07) is 0.925. The summed E-state index contributed by atoms with van der Waals surface area (Å²) in [4.78, 5) is 3.31. The van der Waals surface area contributed by atoms with Crippen LogP contribution in [0, 0.1) is 5.82 Å². The summed E-state index contributed by atoms with van der Waals surface area (Å²) in [6.45, 7) is 2.03. The first-order valence-electron chi connectivity index (χ1n) is 4.16.